The molecule has 1 atom stereocenters. The highest BCUT2D eigenvalue weighted by atomic mass is 32.1. The number of carbonyl (C=O) groups is 2. The summed E-state index contributed by atoms with van der Waals surface area (Å²) in [5, 5.41) is 2.24. The molecule has 1 aromatic carbocycles. The van der Waals surface area contributed by atoms with Gasteiger partial charge in [0.1, 0.15) is 0 Å². The number of aromatic nitrogens is 1. The monoisotopic (exact) mass is 272 g/mol. The molecule has 0 unspecified atom stereocenters. The van der Waals surface area contributed by atoms with Gasteiger partial charge in [0.2, 0.25) is 11.8 Å². The molecule has 1 aliphatic rings. The number of hydrogen-bond donors (Lipinski definition) is 0. The topological polar surface area (TPSA) is 50.3 Å². The predicted molar refractivity (Wildman–Crippen MR) is 72.9 cm³/mol. The summed E-state index contributed by atoms with van der Waals surface area (Å²) >= 11 is 1.31. The van der Waals surface area contributed by atoms with Gasteiger partial charge in [-0.25, -0.2) is 9.88 Å². The van der Waals surface area contributed by atoms with Crippen molar-refractivity contribution >= 4 is 28.3 Å². The molecular formula is C14H12N2O2S. The van der Waals surface area contributed by atoms with Crippen molar-refractivity contribution in [1.29, 1.82) is 0 Å². The molecule has 5 heteroatoms. The molecule has 1 aliphatic heterocycles. The number of rotatable bonds is 3. The first-order valence-corrected chi connectivity index (χ1v) is 6.94. The molecule has 0 radical (unpaired) electrons. The molecule has 1 fully saturated rings. The Balaban J connectivity index is 1.79. The van der Waals surface area contributed by atoms with Crippen LogP contribution >= 0.6 is 11.3 Å². The SMILES string of the molecule is O=C1C[C@H](Cc2ccccc2)C(=O)N1c1nccs1. The lowest BCUT2D eigenvalue weighted by Gasteiger charge is -2.11. The fourth-order valence-electron chi connectivity index (χ4n) is 2.28. The maximum absolute atomic E-state index is 12.3. The van der Waals surface area contributed by atoms with Crippen LogP contribution in [0.4, 0.5) is 5.13 Å². The van der Waals surface area contributed by atoms with Gasteiger partial charge in [0.25, 0.3) is 0 Å². The van der Waals surface area contributed by atoms with Crippen LogP contribution in [-0.2, 0) is 16.0 Å². The van der Waals surface area contributed by atoms with E-state index >= 15 is 0 Å². The van der Waals surface area contributed by atoms with Gasteiger partial charge in [-0.2, -0.15) is 0 Å². The molecule has 1 aromatic heterocycles. The first kappa shape index (κ1) is 12.0. The quantitative estimate of drug-likeness (QED) is 0.805. The van der Waals surface area contributed by atoms with Crippen molar-refractivity contribution in [2.24, 2.45) is 5.92 Å². The van der Waals surface area contributed by atoms with Crippen LogP contribution in [0.15, 0.2) is 41.9 Å². The lowest BCUT2D eigenvalue weighted by Crippen LogP contribution is -2.30. The number of anilines is 1. The number of carbonyl (C=O) groups excluding carboxylic acids is 2. The summed E-state index contributed by atoms with van der Waals surface area (Å²) in [4.78, 5) is 29.5. The van der Waals surface area contributed by atoms with Gasteiger partial charge < -0.3 is 0 Å². The number of hydrogen-bond acceptors (Lipinski definition) is 4. The number of benzene rings is 1. The Bertz CT molecular complexity index is 595. The molecular weight excluding hydrogens is 260 g/mol. The highest BCUT2D eigenvalue weighted by Gasteiger charge is 2.40. The summed E-state index contributed by atoms with van der Waals surface area (Å²) in [7, 11) is 0. The minimum atomic E-state index is -0.265. The van der Waals surface area contributed by atoms with Crippen LogP contribution in [0.25, 0.3) is 0 Å². The maximum Gasteiger partial charge on any atom is 0.239 e. The third kappa shape index (κ3) is 2.29. The number of nitrogens with zero attached hydrogens (tertiary/aromatic N) is 2. The minimum absolute atomic E-state index is 0.135. The Hall–Kier alpha value is -2.01. The predicted octanol–water partition coefficient (Wildman–Crippen LogP) is 2.27. The van der Waals surface area contributed by atoms with Crippen molar-refractivity contribution < 1.29 is 9.59 Å². The van der Waals surface area contributed by atoms with E-state index in [1.807, 2.05) is 30.3 Å². The van der Waals surface area contributed by atoms with Crippen LogP contribution in [-0.4, -0.2) is 16.8 Å². The average Bonchev–Trinajstić information content (AvgIpc) is 3.01. The molecule has 2 aromatic rings. The highest BCUT2D eigenvalue weighted by Crippen LogP contribution is 2.29. The largest absolute Gasteiger partial charge is 0.274 e. The Morgan fingerprint density at radius 3 is 2.74 bits per heavy atom. The van der Waals surface area contributed by atoms with Crippen molar-refractivity contribution in [3.05, 3.63) is 47.5 Å². The summed E-state index contributed by atoms with van der Waals surface area (Å²) < 4.78 is 0. The summed E-state index contributed by atoms with van der Waals surface area (Å²) in [6.07, 6.45) is 2.48. The molecule has 0 saturated carbocycles. The van der Waals surface area contributed by atoms with Gasteiger partial charge in [0, 0.05) is 18.0 Å². The zero-order valence-corrected chi connectivity index (χ0v) is 11.0. The smallest absolute Gasteiger partial charge is 0.239 e. The van der Waals surface area contributed by atoms with Gasteiger partial charge >= 0.3 is 0 Å². The van der Waals surface area contributed by atoms with E-state index in [-0.39, 0.29) is 24.2 Å². The highest BCUT2D eigenvalue weighted by molar-refractivity contribution is 7.14. The molecule has 96 valence electrons. The first-order chi connectivity index (χ1) is 9.25. The average molecular weight is 272 g/mol. The fraction of sp³-hybridized carbons (Fsp3) is 0.214. The summed E-state index contributed by atoms with van der Waals surface area (Å²) in [5.41, 5.74) is 1.08. The van der Waals surface area contributed by atoms with E-state index < -0.39 is 0 Å². The van der Waals surface area contributed by atoms with Crippen LogP contribution in [0.2, 0.25) is 0 Å². The zero-order chi connectivity index (χ0) is 13.2. The normalized spacial score (nSPS) is 19.2. The fourth-order valence-corrected chi connectivity index (χ4v) is 2.94. The van der Waals surface area contributed by atoms with Gasteiger partial charge in [-0.15, -0.1) is 11.3 Å². The zero-order valence-electron chi connectivity index (χ0n) is 10.2. The van der Waals surface area contributed by atoms with E-state index in [9.17, 15) is 9.59 Å². The van der Waals surface area contributed by atoms with Crippen LogP contribution in [0, 0.1) is 5.92 Å². The van der Waals surface area contributed by atoms with Crippen molar-refractivity contribution in [1.82, 2.24) is 4.98 Å². The lowest BCUT2D eigenvalue weighted by molar-refractivity contribution is -0.122. The van der Waals surface area contributed by atoms with Gasteiger partial charge in [-0.05, 0) is 12.0 Å². The summed E-state index contributed by atoms with van der Waals surface area (Å²) in [6.45, 7) is 0. The molecule has 3 rings (SSSR count). The molecule has 4 nitrogen and oxygen atoms in total. The van der Waals surface area contributed by atoms with E-state index in [1.54, 1.807) is 11.6 Å². The van der Waals surface area contributed by atoms with E-state index in [1.165, 1.54) is 16.2 Å². The number of thiazole rings is 1. The van der Waals surface area contributed by atoms with Crippen LogP contribution in [0.5, 0.6) is 0 Å². The molecule has 0 spiro atoms. The van der Waals surface area contributed by atoms with E-state index in [0.717, 1.165) is 5.56 Å². The lowest BCUT2D eigenvalue weighted by atomic mass is 9.98. The third-order valence-electron chi connectivity index (χ3n) is 3.18. The Labute approximate surface area is 114 Å². The molecule has 0 bridgehead atoms. The van der Waals surface area contributed by atoms with Crippen molar-refractivity contribution in [3.8, 4) is 0 Å². The van der Waals surface area contributed by atoms with Crippen LogP contribution in [0.1, 0.15) is 12.0 Å². The molecule has 2 amide bonds. The van der Waals surface area contributed by atoms with Gasteiger partial charge in [0.05, 0.1) is 5.92 Å². The molecule has 2 heterocycles. The van der Waals surface area contributed by atoms with Crippen molar-refractivity contribution in [2.75, 3.05) is 4.90 Å². The van der Waals surface area contributed by atoms with E-state index in [2.05, 4.69) is 4.98 Å². The van der Waals surface area contributed by atoms with Gasteiger partial charge in [0.15, 0.2) is 5.13 Å². The molecule has 1 saturated heterocycles. The summed E-state index contributed by atoms with van der Waals surface area (Å²) in [5.74, 6) is -0.552. The summed E-state index contributed by atoms with van der Waals surface area (Å²) in [6, 6.07) is 9.77. The van der Waals surface area contributed by atoms with Crippen LogP contribution in [0.3, 0.4) is 0 Å². The standard InChI is InChI=1S/C14H12N2O2S/c17-12-9-11(8-10-4-2-1-3-5-10)13(18)16(12)14-15-6-7-19-14/h1-7,11H,8-9H2/t11-/m0/s1. The first-order valence-electron chi connectivity index (χ1n) is 6.06. The van der Waals surface area contributed by atoms with Crippen molar-refractivity contribution in [3.63, 3.8) is 0 Å². The number of amides is 2. The Kier molecular flexibility index (Phi) is 3.13. The molecule has 0 N–H and O–H groups in total. The van der Waals surface area contributed by atoms with Crippen molar-refractivity contribution in [2.45, 2.75) is 12.8 Å². The van der Waals surface area contributed by atoms with Crippen LogP contribution < -0.4 is 4.90 Å². The maximum atomic E-state index is 12.3. The van der Waals surface area contributed by atoms with E-state index in [0.29, 0.717) is 11.6 Å². The second-order valence-electron chi connectivity index (χ2n) is 4.47. The van der Waals surface area contributed by atoms with E-state index in [4.69, 9.17) is 0 Å². The Morgan fingerprint density at radius 1 is 1.26 bits per heavy atom. The molecule has 0 aliphatic carbocycles. The number of imide groups is 1. The third-order valence-corrected chi connectivity index (χ3v) is 3.93. The van der Waals surface area contributed by atoms with Gasteiger partial charge in [-0.3, -0.25) is 9.59 Å². The molecule has 19 heavy (non-hydrogen) atoms. The second kappa shape index (κ2) is 4.93. The van der Waals surface area contributed by atoms with Gasteiger partial charge in [-0.1, -0.05) is 30.3 Å². The minimum Gasteiger partial charge on any atom is -0.274 e. The Morgan fingerprint density at radius 2 is 2.05 bits per heavy atom. The second-order valence-corrected chi connectivity index (χ2v) is 5.35.